The van der Waals surface area contributed by atoms with E-state index in [1.807, 2.05) is 0 Å². The molecule has 0 spiro atoms. The van der Waals surface area contributed by atoms with Gasteiger partial charge in [-0.05, 0) is 41.8 Å². The van der Waals surface area contributed by atoms with Gasteiger partial charge in [0.15, 0.2) is 0 Å². The highest BCUT2D eigenvalue weighted by atomic mass is 14.9. The third-order valence-electron chi connectivity index (χ3n) is 3.26. The van der Waals surface area contributed by atoms with Gasteiger partial charge >= 0.3 is 0 Å². The molecule has 0 aliphatic carbocycles. The number of rotatable bonds is 8. The van der Waals surface area contributed by atoms with Crippen molar-refractivity contribution in [1.82, 2.24) is 0 Å². The van der Waals surface area contributed by atoms with Gasteiger partial charge in [-0.1, -0.05) is 24.3 Å². The van der Waals surface area contributed by atoms with Crippen LogP contribution in [-0.2, 0) is 6.42 Å². The lowest BCUT2D eigenvalue weighted by atomic mass is 10.0. The predicted octanol–water partition coefficient (Wildman–Crippen LogP) is 2.02. The zero-order valence-electron chi connectivity index (χ0n) is 12.3. The van der Waals surface area contributed by atoms with Gasteiger partial charge in [-0.15, -0.1) is 0 Å². The zero-order valence-corrected chi connectivity index (χ0v) is 12.3. The lowest BCUT2D eigenvalue weighted by Crippen LogP contribution is -2.13. The smallest absolute Gasteiger partial charge is 0.0340 e. The number of hydrogen-bond acceptors (Lipinski definition) is 4. The summed E-state index contributed by atoms with van der Waals surface area (Å²) in [7, 11) is 0. The van der Waals surface area contributed by atoms with Gasteiger partial charge in [-0.2, -0.15) is 0 Å². The third-order valence-corrected chi connectivity index (χ3v) is 3.26. The second kappa shape index (κ2) is 8.29. The van der Waals surface area contributed by atoms with Crippen LogP contribution < -0.4 is 22.1 Å². The normalized spacial score (nSPS) is 10.4. The molecule has 0 fully saturated rings. The van der Waals surface area contributed by atoms with Gasteiger partial charge in [0.25, 0.3) is 0 Å². The van der Waals surface area contributed by atoms with Gasteiger partial charge in [0.1, 0.15) is 0 Å². The average Bonchev–Trinajstić information content (AvgIpc) is 2.53. The Morgan fingerprint density at radius 3 is 1.33 bits per heavy atom. The van der Waals surface area contributed by atoms with Crippen molar-refractivity contribution < 1.29 is 0 Å². The predicted molar refractivity (Wildman–Crippen MR) is 90.8 cm³/mol. The summed E-state index contributed by atoms with van der Waals surface area (Å²) < 4.78 is 0. The van der Waals surface area contributed by atoms with Crippen LogP contribution in [0.1, 0.15) is 11.1 Å². The molecule has 0 aliphatic heterocycles. The molecule has 0 unspecified atom stereocenters. The lowest BCUT2D eigenvalue weighted by molar-refractivity contribution is 1.02. The molecule has 0 aliphatic rings. The summed E-state index contributed by atoms with van der Waals surface area (Å²) in [5, 5.41) is 6.54. The Bertz CT molecular complexity index is 470. The summed E-state index contributed by atoms with van der Waals surface area (Å²) in [5.41, 5.74) is 15.8. The molecule has 6 N–H and O–H groups in total. The number of anilines is 2. The molecule has 4 heteroatoms. The van der Waals surface area contributed by atoms with Crippen molar-refractivity contribution in [3.05, 3.63) is 59.7 Å². The monoisotopic (exact) mass is 284 g/mol. The SMILES string of the molecule is NCCNc1ccc(Cc2ccc(NCCN)cc2)cc1. The maximum absolute atomic E-state index is 5.48. The molecule has 21 heavy (non-hydrogen) atoms. The molecule has 0 aromatic heterocycles. The fourth-order valence-electron chi connectivity index (χ4n) is 2.15. The first-order valence-corrected chi connectivity index (χ1v) is 7.37. The Morgan fingerprint density at radius 1 is 0.619 bits per heavy atom. The van der Waals surface area contributed by atoms with E-state index in [0.29, 0.717) is 13.1 Å². The molecule has 0 saturated carbocycles. The van der Waals surface area contributed by atoms with E-state index < -0.39 is 0 Å². The standard InChI is InChI=1S/C17H24N4/c18-9-11-20-16-5-1-14(2-6-16)13-15-3-7-17(8-4-15)21-12-10-19/h1-8,20-21H,9-13,18-19H2. The molecule has 0 bridgehead atoms. The molecular weight excluding hydrogens is 260 g/mol. The van der Waals surface area contributed by atoms with Gasteiger partial charge in [0, 0.05) is 37.6 Å². The first-order chi connectivity index (χ1) is 10.3. The van der Waals surface area contributed by atoms with Crippen LogP contribution in [0.2, 0.25) is 0 Å². The molecule has 0 amide bonds. The zero-order chi connectivity index (χ0) is 14.9. The molecule has 2 rings (SSSR count). The Morgan fingerprint density at radius 2 is 1.00 bits per heavy atom. The van der Waals surface area contributed by atoms with Crippen LogP contribution in [-0.4, -0.2) is 26.2 Å². The summed E-state index contributed by atoms with van der Waals surface area (Å²) >= 11 is 0. The Balaban J connectivity index is 1.91. The van der Waals surface area contributed by atoms with Crippen molar-refractivity contribution in [2.24, 2.45) is 11.5 Å². The third kappa shape index (κ3) is 5.10. The maximum Gasteiger partial charge on any atom is 0.0340 e. The van der Waals surface area contributed by atoms with E-state index in [4.69, 9.17) is 11.5 Å². The van der Waals surface area contributed by atoms with E-state index in [1.54, 1.807) is 0 Å². The number of hydrogen-bond donors (Lipinski definition) is 4. The summed E-state index contributed by atoms with van der Waals surface area (Å²) in [4.78, 5) is 0. The second-order valence-electron chi connectivity index (χ2n) is 5.00. The van der Waals surface area contributed by atoms with Gasteiger partial charge in [-0.25, -0.2) is 0 Å². The van der Waals surface area contributed by atoms with Gasteiger partial charge in [0.05, 0.1) is 0 Å². The Kier molecular flexibility index (Phi) is 6.06. The van der Waals surface area contributed by atoms with Crippen molar-refractivity contribution in [2.75, 3.05) is 36.8 Å². The van der Waals surface area contributed by atoms with Crippen molar-refractivity contribution >= 4 is 11.4 Å². The quantitative estimate of drug-likeness (QED) is 0.598. The highest BCUT2D eigenvalue weighted by Gasteiger charge is 1.98. The van der Waals surface area contributed by atoms with Crippen molar-refractivity contribution in [1.29, 1.82) is 0 Å². The summed E-state index contributed by atoms with van der Waals surface area (Å²) in [6.07, 6.45) is 0.939. The van der Waals surface area contributed by atoms with Crippen LogP contribution in [0.3, 0.4) is 0 Å². The largest absolute Gasteiger partial charge is 0.384 e. The van der Waals surface area contributed by atoms with E-state index in [2.05, 4.69) is 59.2 Å². The molecule has 0 saturated heterocycles. The fraction of sp³-hybridized carbons (Fsp3) is 0.294. The minimum absolute atomic E-state index is 0.645. The fourth-order valence-corrected chi connectivity index (χ4v) is 2.15. The topological polar surface area (TPSA) is 76.1 Å². The summed E-state index contributed by atoms with van der Waals surface area (Å²) in [6, 6.07) is 17.0. The number of benzene rings is 2. The average molecular weight is 284 g/mol. The molecule has 0 radical (unpaired) electrons. The van der Waals surface area contributed by atoms with Crippen molar-refractivity contribution in [2.45, 2.75) is 6.42 Å². The van der Waals surface area contributed by atoms with E-state index >= 15 is 0 Å². The molecule has 0 heterocycles. The Labute approximate surface area is 126 Å². The van der Waals surface area contributed by atoms with Crippen LogP contribution >= 0.6 is 0 Å². The first kappa shape index (κ1) is 15.4. The maximum atomic E-state index is 5.48. The highest BCUT2D eigenvalue weighted by Crippen LogP contribution is 2.15. The Hall–Kier alpha value is -2.04. The van der Waals surface area contributed by atoms with Gasteiger partial charge < -0.3 is 22.1 Å². The molecular formula is C17H24N4. The molecule has 2 aromatic rings. The number of nitrogens with one attached hydrogen (secondary N) is 2. The molecule has 4 nitrogen and oxygen atoms in total. The molecule has 0 atom stereocenters. The minimum Gasteiger partial charge on any atom is -0.384 e. The van der Waals surface area contributed by atoms with Crippen LogP contribution in [0.5, 0.6) is 0 Å². The summed E-state index contributed by atoms with van der Waals surface area (Å²) in [5.74, 6) is 0. The van der Waals surface area contributed by atoms with Crippen molar-refractivity contribution in [3.63, 3.8) is 0 Å². The van der Waals surface area contributed by atoms with Crippen LogP contribution in [0.4, 0.5) is 11.4 Å². The molecule has 2 aromatic carbocycles. The first-order valence-electron chi connectivity index (χ1n) is 7.37. The highest BCUT2D eigenvalue weighted by molar-refractivity contribution is 5.47. The van der Waals surface area contributed by atoms with E-state index in [1.165, 1.54) is 11.1 Å². The van der Waals surface area contributed by atoms with Gasteiger partial charge in [-0.3, -0.25) is 0 Å². The van der Waals surface area contributed by atoms with Gasteiger partial charge in [0.2, 0.25) is 0 Å². The van der Waals surface area contributed by atoms with E-state index in [0.717, 1.165) is 30.9 Å². The van der Waals surface area contributed by atoms with E-state index in [-0.39, 0.29) is 0 Å². The second-order valence-corrected chi connectivity index (χ2v) is 5.00. The van der Waals surface area contributed by atoms with E-state index in [9.17, 15) is 0 Å². The lowest BCUT2D eigenvalue weighted by Gasteiger charge is -2.08. The minimum atomic E-state index is 0.645. The van der Waals surface area contributed by atoms with Crippen LogP contribution in [0, 0.1) is 0 Å². The van der Waals surface area contributed by atoms with Crippen LogP contribution in [0.15, 0.2) is 48.5 Å². The number of nitrogens with two attached hydrogens (primary N) is 2. The van der Waals surface area contributed by atoms with Crippen LogP contribution in [0.25, 0.3) is 0 Å². The van der Waals surface area contributed by atoms with Crippen molar-refractivity contribution in [3.8, 4) is 0 Å². The summed E-state index contributed by atoms with van der Waals surface area (Å²) in [6.45, 7) is 2.89. The molecule has 112 valence electrons.